The van der Waals surface area contributed by atoms with Gasteiger partial charge in [-0.2, -0.15) is 0 Å². The molecule has 3 aromatic rings. The number of para-hydroxylation sites is 1. The second kappa shape index (κ2) is 9.45. The number of hydrogen-bond donors (Lipinski definition) is 1. The molecule has 2 amide bonds. The van der Waals surface area contributed by atoms with Crippen LogP contribution in [0.2, 0.25) is 0 Å². The fraction of sp³-hybridized carbons (Fsp3) is 0.391. The van der Waals surface area contributed by atoms with Gasteiger partial charge in [-0.05, 0) is 55.8 Å². The van der Waals surface area contributed by atoms with E-state index < -0.39 is 0 Å². The van der Waals surface area contributed by atoms with Gasteiger partial charge in [0.05, 0.1) is 29.9 Å². The van der Waals surface area contributed by atoms with E-state index in [-0.39, 0.29) is 12.1 Å². The van der Waals surface area contributed by atoms with E-state index in [1.54, 1.807) is 23.3 Å². The Balaban J connectivity index is 1.39. The molecule has 6 nitrogen and oxygen atoms in total. The first-order valence-electron chi connectivity index (χ1n) is 10.4. The van der Waals surface area contributed by atoms with Crippen LogP contribution in [0.5, 0.6) is 5.75 Å². The van der Waals surface area contributed by atoms with Gasteiger partial charge in [-0.1, -0.05) is 24.3 Å². The third-order valence-electron chi connectivity index (χ3n) is 5.59. The molecule has 0 aliphatic carbocycles. The van der Waals surface area contributed by atoms with Gasteiger partial charge in [-0.15, -0.1) is 11.3 Å². The quantitative estimate of drug-likeness (QED) is 0.615. The van der Waals surface area contributed by atoms with E-state index in [1.807, 2.05) is 37.4 Å². The normalized spacial score (nSPS) is 15.3. The van der Waals surface area contributed by atoms with Crippen LogP contribution < -0.4 is 10.1 Å². The summed E-state index contributed by atoms with van der Waals surface area (Å²) in [6.07, 6.45) is 2.41. The van der Waals surface area contributed by atoms with Crippen LogP contribution in [0.15, 0.2) is 48.5 Å². The van der Waals surface area contributed by atoms with Gasteiger partial charge in [0.25, 0.3) is 0 Å². The van der Waals surface area contributed by atoms with Gasteiger partial charge in [0.1, 0.15) is 10.8 Å². The summed E-state index contributed by atoms with van der Waals surface area (Å²) < 4.78 is 6.44. The molecule has 7 heteroatoms. The third kappa shape index (κ3) is 4.74. The number of carbonyl (C=O) groups excluding carboxylic acids is 1. The largest absolute Gasteiger partial charge is 0.497 e. The highest BCUT2D eigenvalue weighted by Gasteiger charge is 2.24. The fourth-order valence-corrected chi connectivity index (χ4v) is 4.94. The SMILES string of the molecule is COc1ccc(C(CNC(=O)N(C)Cc2nc3ccccc3s2)N2CCCC2)cc1. The molecule has 1 saturated heterocycles. The molecule has 4 rings (SSSR count). The number of hydrogen-bond acceptors (Lipinski definition) is 5. The van der Waals surface area contributed by atoms with E-state index in [4.69, 9.17) is 4.74 Å². The molecule has 1 aliphatic heterocycles. The van der Waals surface area contributed by atoms with Crippen molar-refractivity contribution in [1.82, 2.24) is 20.1 Å². The van der Waals surface area contributed by atoms with Crippen LogP contribution in [0, 0.1) is 0 Å². The zero-order valence-corrected chi connectivity index (χ0v) is 18.3. The highest BCUT2D eigenvalue weighted by Crippen LogP contribution is 2.26. The monoisotopic (exact) mass is 424 g/mol. The van der Waals surface area contributed by atoms with Gasteiger partial charge in [-0.3, -0.25) is 4.90 Å². The van der Waals surface area contributed by atoms with Gasteiger partial charge in [0, 0.05) is 13.6 Å². The van der Waals surface area contributed by atoms with Crippen molar-refractivity contribution in [3.8, 4) is 5.75 Å². The Bertz CT molecular complexity index is 949. The average molecular weight is 425 g/mol. The minimum Gasteiger partial charge on any atom is -0.497 e. The Morgan fingerprint density at radius 2 is 1.93 bits per heavy atom. The summed E-state index contributed by atoms with van der Waals surface area (Å²) in [6.45, 7) is 3.21. The van der Waals surface area contributed by atoms with Crippen LogP contribution >= 0.6 is 11.3 Å². The molecular formula is C23H28N4O2S. The van der Waals surface area contributed by atoms with Crippen LogP contribution in [0.1, 0.15) is 29.5 Å². The second-order valence-corrected chi connectivity index (χ2v) is 8.76. The van der Waals surface area contributed by atoms with Crippen molar-refractivity contribution in [2.75, 3.05) is 33.8 Å². The van der Waals surface area contributed by atoms with Gasteiger partial charge in [-0.25, -0.2) is 9.78 Å². The van der Waals surface area contributed by atoms with E-state index in [9.17, 15) is 4.79 Å². The number of nitrogens with zero attached hydrogens (tertiary/aromatic N) is 3. The Hall–Kier alpha value is -2.64. The topological polar surface area (TPSA) is 57.7 Å². The number of rotatable bonds is 7. The molecule has 2 heterocycles. The summed E-state index contributed by atoms with van der Waals surface area (Å²) in [5.74, 6) is 0.846. The Labute approximate surface area is 181 Å². The Morgan fingerprint density at radius 1 is 1.20 bits per heavy atom. The smallest absolute Gasteiger partial charge is 0.317 e. The molecular weight excluding hydrogens is 396 g/mol. The van der Waals surface area contributed by atoms with Crippen LogP contribution in [0.3, 0.4) is 0 Å². The molecule has 0 bridgehead atoms. The van der Waals surface area contributed by atoms with Gasteiger partial charge < -0.3 is 15.0 Å². The second-order valence-electron chi connectivity index (χ2n) is 7.65. The molecule has 0 radical (unpaired) electrons. The third-order valence-corrected chi connectivity index (χ3v) is 6.61. The number of amides is 2. The van der Waals surface area contributed by atoms with Crippen LogP contribution in [-0.2, 0) is 6.54 Å². The number of urea groups is 1. The lowest BCUT2D eigenvalue weighted by atomic mass is 10.1. The number of benzene rings is 2. The zero-order chi connectivity index (χ0) is 20.9. The fourth-order valence-electron chi connectivity index (χ4n) is 3.92. The number of methoxy groups -OCH3 is 1. The first kappa shape index (κ1) is 20.6. The molecule has 1 N–H and O–H groups in total. The van der Waals surface area contributed by atoms with Crippen LogP contribution in [-0.4, -0.2) is 54.6 Å². The highest BCUT2D eigenvalue weighted by atomic mass is 32.1. The number of ether oxygens (including phenoxy) is 1. The summed E-state index contributed by atoms with van der Waals surface area (Å²) in [6, 6.07) is 16.3. The lowest BCUT2D eigenvalue weighted by Crippen LogP contribution is -2.42. The summed E-state index contributed by atoms with van der Waals surface area (Å²) in [7, 11) is 3.49. The predicted octanol–water partition coefficient (Wildman–Crippen LogP) is 4.28. The van der Waals surface area contributed by atoms with Crippen molar-refractivity contribution in [2.24, 2.45) is 0 Å². The van der Waals surface area contributed by atoms with E-state index >= 15 is 0 Å². The van der Waals surface area contributed by atoms with Crippen molar-refractivity contribution < 1.29 is 9.53 Å². The summed E-state index contributed by atoms with van der Waals surface area (Å²) in [4.78, 5) is 21.6. The summed E-state index contributed by atoms with van der Waals surface area (Å²) in [5.41, 5.74) is 2.19. The molecule has 1 unspecified atom stereocenters. The molecule has 1 fully saturated rings. The van der Waals surface area contributed by atoms with Gasteiger partial charge in [0.2, 0.25) is 0 Å². The number of likely N-dealkylation sites (tertiary alicyclic amines) is 1. The van der Waals surface area contributed by atoms with E-state index in [0.717, 1.165) is 34.1 Å². The maximum absolute atomic E-state index is 12.8. The Morgan fingerprint density at radius 3 is 2.63 bits per heavy atom. The van der Waals surface area contributed by atoms with E-state index in [1.165, 1.54) is 18.4 Å². The summed E-state index contributed by atoms with van der Waals surface area (Å²) in [5, 5.41) is 4.08. The molecule has 1 atom stereocenters. The average Bonchev–Trinajstić information content (AvgIpc) is 3.43. The summed E-state index contributed by atoms with van der Waals surface area (Å²) >= 11 is 1.64. The molecule has 1 aromatic heterocycles. The molecule has 0 spiro atoms. The van der Waals surface area contributed by atoms with Crippen LogP contribution in [0.4, 0.5) is 4.79 Å². The van der Waals surface area contributed by atoms with Crippen molar-refractivity contribution in [2.45, 2.75) is 25.4 Å². The lowest BCUT2D eigenvalue weighted by molar-refractivity contribution is 0.195. The first-order valence-corrected chi connectivity index (χ1v) is 11.2. The maximum atomic E-state index is 12.8. The molecule has 1 aliphatic rings. The predicted molar refractivity (Wildman–Crippen MR) is 121 cm³/mol. The van der Waals surface area contributed by atoms with Crippen LogP contribution in [0.25, 0.3) is 10.2 Å². The first-order chi connectivity index (χ1) is 14.6. The Kier molecular flexibility index (Phi) is 6.50. The zero-order valence-electron chi connectivity index (χ0n) is 17.5. The van der Waals surface area contributed by atoms with Crippen molar-refractivity contribution in [1.29, 1.82) is 0 Å². The van der Waals surface area contributed by atoms with Crippen molar-refractivity contribution in [3.63, 3.8) is 0 Å². The number of nitrogens with one attached hydrogen (secondary N) is 1. The lowest BCUT2D eigenvalue weighted by Gasteiger charge is -2.29. The van der Waals surface area contributed by atoms with E-state index in [2.05, 4.69) is 33.4 Å². The maximum Gasteiger partial charge on any atom is 0.317 e. The number of aromatic nitrogens is 1. The molecule has 0 saturated carbocycles. The van der Waals surface area contributed by atoms with E-state index in [0.29, 0.717) is 13.1 Å². The number of carbonyl (C=O) groups is 1. The number of fused-ring (bicyclic) bond motifs is 1. The van der Waals surface area contributed by atoms with Crippen molar-refractivity contribution >= 4 is 27.6 Å². The number of thiazole rings is 1. The molecule has 2 aromatic carbocycles. The molecule has 158 valence electrons. The van der Waals surface area contributed by atoms with Gasteiger partial charge >= 0.3 is 6.03 Å². The highest BCUT2D eigenvalue weighted by molar-refractivity contribution is 7.18. The molecule has 30 heavy (non-hydrogen) atoms. The minimum absolute atomic E-state index is 0.0769. The standard InChI is InChI=1S/C23H28N4O2S/c1-26(16-22-25-19-7-3-4-8-21(19)30-22)23(28)24-15-20(27-13-5-6-14-27)17-9-11-18(29-2)12-10-17/h3-4,7-12,20H,5-6,13-16H2,1-2H3,(H,24,28). The minimum atomic E-state index is -0.0769. The van der Waals surface area contributed by atoms with Crippen molar-refractivity contribution in [3.05, 3.63) is 59.1 Å². The van der Waals surface area contributed by atoms with Gasteiger partial charge in [0.15, 0.2) is 0 Å².